The van der Waals surface area contributed by atoms with Crippen molar-refractivity contribution in [3.8, 4) is 5.75 Å². The molecule has 2 aromatic rings. The van der Waals surface area contributed by atoms with Crippen molar-refractivity contribution >= 4 is 11.6 Å². The highest BCUT2D eigenvalue weighted by Gasteiger charge is 2.15. The van der Waals surface area contributed by atoms with E-state index < -0.39 is 17.7 Å². The lowest BCUT2D eigenvalue weighted by Gasteiger charge is -2.15. The van der Waals surface area contributed by atoms with E-state index in [9.17, 15) is 8.78 Å². The minimum absolute atomic E-state index is 0.124. The van der Waals surface area contributed by atoms with Gasteiger partial charge in [-0.1, -0.05) is 23.7 Å². The van der Waals surface area contributed by atoms with Crippen LogP contribution in [0.15, 0.2) is 36.4 Å². The topological polar surface area (TPSA) is 35.2 Å². The summed E-state index contributed by atoms with van der Waals surface area (Å²) in [4.78, 5) is 0. The summed E-state index contributed by atoms with van der Waals surface area (Å²) in [7, 11) is 1.57. The number of ether oxygens (including phenoxy) is 1. The molecule has 20 heavy (non-hydrogen) atoms. The van der Waals surface area contributed by atoms with E-state index in [4.69, 9.17) is 22.1 Å². The molecule has 0 aliphatic carbocycles. The minimum atomic E-state index is -0.979. The third-order valence-electron chi connectivity index (χ3n) is 3.03. The molecule has 2 nitrogen and oxygen atoms in total. The maximum atomic E-state index is 13.3. The van der Waals surface area contributed by atoms with Crippen LogP contribution in [0.1, 0.15) is 17.2 Å². The Morgan fingerprint density at radius 3 is 2.60 bits per heavy atom. The fraction of sp³-hybridized carbons (Fsp3) is 0.200. The lowest BCUT2D eigenvalue weighted by atomic mass is 9.99. The summed E-state index contributed by atoms with van der Waals surface area (Å²) < 4.78 is 31.4. The standard InChI is InChI=1S/C15H14ClF2NO/c1-20-10-4-2-3-9(5-10)6-15(19)11-7-13(17)14(18)8-12(11)16/h2-5,7-8,15H,6,19H2,1H3. The zero-order valence-corrected chi connectivity index (χ0v) is 11.6. The monoisotopic (exact) mass is 297 g/mol. The number of benzene rings is 2. The molecule has 0 heterocycles. The Kier molecular flexibility index (Phi) is 4.57. The molecule has 0 saturated heterocycles. The van der Waals surface area contributed by atoms with Gasteiger partial charge in [0, 0.05) is 11.1 Å². The van der Waals surface area contributed by atoms with Gasteiger partial charge < -0.3 is 10.5 Å². The molecule has 0 saturated carbocycles. The van der Waals surface area contributed by atoms with Crippen molar-refractivity contribution < 1.29 is 13.5 Å². The summed E-state index contributed by atoms with van der Waals surface area (Å²) in [6.45, 7) is 0. The van der Waals surface area contributed by atoms with Gasteiger partial charge in [0.1, 0.15) is 5.75 Å². The van der Waals surface area contributed by atoms with Crippen molar-refractivity contribution in [3.05, 3.63) is 64.2 Å². The molecular weight excluding hydrogens is 284 g/mol. The van der Waals surface area contributed by atoms with Gasteiger partial charge in [-0.25, -0.2) is 8.78 Å². The highest BCUT2D eigenvalue weighted by atomic mass is 35.5. The number of rotatable bonds is 4. The Balaban J connectivity index is 2.23. The van der Waals surface area contributed by atoms with Gasteiger partial charge in [-0.05, 0) is 41.8 Å². The average Bonchev–Trinajstić information content (AvgIpc) is 2.43. The first kappa shape index (κ1) is 14.8. The molecule has 1 atom stereocenters. The summed E-state index contributed by atoms with van der Waals surface area (Å²) >= 11 is 5.91. The zero-order chi connectivity index (χ0) is 14.7. The third-order valence-corrected chi connectivity index (χ3v) is 3.36. The maximum absolute atomic E-state index is 13.3. The zero-order valence-electron chi connectivity index (χ0n) is 10.9. The molecule has 0 fully saturated rings. The highest BCUT2D eigenvalue weighted by Crippen LogP contribution is 2.27. The summed E-state index contributed by atoms with van der Waals surface area (Å²) in [5, 5.41) is 0.124. The van der Waals surface area contributed by atoms with Crippen molar-refractivity contribution in [2.45, 2.75) is 12.5 Å². The molecule has 106 valence electrons. The van der Waals surface area contributed by atoms with Crippen LogP contribution in [0.4, 0.5) is 8.78 Å². The van der Waals surface area contributed by atoms with E-state index in [1.165, 1.54) is 0 Å². The SMILES string of the molecule is COc1cccc(CC(N)c2cc(F)c(F)cc2Cl)c1. The van der Waals surface area contributed by atoms with Crippen molar-refractivity contribution in [3.63, 3.8) is 0 Å². The van der Waals surface area contributed by atoms with E-state index in [2.05, 4.69) is 0 Å². The normalized spacial score (nSPS) is 12.2. The average molecular weight is 298 g/mol. The Labute approximate surface area is 121 Å². The van der Waals surface area contributed by atoms with Crippen LogP contribution in [0.5, 0.6) is 5.75 Å². The van der Waals surface area contributed by atoms with Crippen molar-refractivity contribution in [2.75, 3.05) is 7.11 Å². The largest absolute Gasteiger partial charge is 0.497 e. The quantitative estimate of drug-likeness (QED) is 0.870. The number of methoxy groups -OCH3 is 1. The van der Waals surface area contributed by atoms with Crippen molar-refractivity contribution in [2.24, 2.45) is 5.73 Å². The van der Waals surface area contributed by atoms with Crippen molar-refractivity contribution in [1.29, 1.82) is 0 Å². The molecular formula is C15H14ClF2NO. The van der Waals surface area contributed by atoms with E-state index in [0.717, 1.165) is 17.7 Å². The molecule has 0 aromatic heterocycles. The number of halogens is 3. The Hall–Kier alpha value is -1.65. The number of hydrogen-bond acceptors (Lipinski definition) is 2. The number of hydrogen-bond donors (Lipinski definition) is 1. The van der Waals surface area contributed by atoms with Gasteiger partial charge in [0.2, 0.25) is 0 Å². The van der Waals surface area contributed by atoms with Gasteiger partial charge >= 0.3 is 0 Å². The summed E-state index contributed by atoms with van der Waals surface area (Å²) in [5.74, 6) is -1.22. The molecule has 0 amide bonds. The van der Waals surface area contributed by atoms with Crippen LogP contribution in [0, 0.1) is 11.6 Å². The Morgan fingerprint density at radius 1 is 1.20 bits per heavy atom. The smallest absolute Gasteiger partial charge is 0.160 e. The van der Waals surface area contributed by atoms with E-state index in [0.29, 0.717) is 17.7 Å². The molecule has 0 aliphatic rings. The van der Waals surface area contributed by atoms with Crippen LogP contribution in [-0.2, 0) is 6.42 Å². The van der Waals surface area contributed by atoms with Crippen LogP contribution in [0.25, 0.3) is 0 Å². The van der Waals surface area contributed by atoms with Crippen molar-refractivity contribution in [1.82, 2.24) is 0 Å². The second-order valence-corrected chi connectivity index (χ2v) is 4.86. The van der Waals surface area contributed by atoms with Crippen LogP contribution >= 0.6 is 11.6 Å². The van der Waals surface area contributed by atoms with Gasteiger partial charge in [-0.3, -0.25) is 0 Å². The van der Waals surface area contributed by atoms with Crippen LogP contribution < -0.4 is 10.5 Å². The van der Waals surface area contributed by atoms with Gasteiger partial charge in [0.05, 0.1) is 7.11 Å². The molecule has 0 bridgehead atoms. The van der Waals surface area contributed by atoms with Gasteiger partial charge in [-0.15, -0.1) is 0 Å². The molecule has 2 N–H and O–H groups in total. The molecule has 2 aromatic carbocycles. The molecule has 1 unspecified atom stereocenters. The van der Waals surface area contributed by atoms with Gasteiger partial charge in [0.25, 0.3) is 0 Å². The molecule has 2 rings (SSSR count). The third kappa shape index (κ3) is 3.26. The maximum Gasteiger partial charge on any atom is 0.160 e. The first-order valence-electron chi connectivity index (χ1n) is 6.04. The Bertz CT molecular complexity index is 619. The highest BCUT2D eigenvalue weighted by molar-refractivity contribution is 6.31. The summed E-state index contributed by atoms with van der Waals surface area (Å²) in [6.07, 6.45) is 0.446. The lowest BCUT2D eigenvalue weighted by Crippen LogP contribution is -2.14. The van der Waals surface area contributed by atoms with Gasteiger partial charge in [0.15, 0.2) is 11.6 Å². The van der Waals surface area contributed by atoms with E-state index >= 15 is 0 Å². The fourth-order valence-corrected chi connectivity index (χ4v) is 2.28. The lowest BCUT2D eigenvalue weighted by molar-refractivity contribution is 0.414. The summed E-state index contributed by atoms with van der Waals surface area (Å²) in [5.41, 5.74) is 7.34. The minimum Gasteiger partial charge on any atom is -0.497 e. The second kappa shape index (κ2) is 6.20. The van der Waals surface area contributed by atoms with E-state index in [-0.39, 0.29) is 5.02 Å². The fourth-order valence-electron chi connectivity index (χ4n) is 1.99. The van der Waals surface area contributed by atoms with E-state index in [1.807, 2.05) is 24.3 Å². The number of nitrogens with two attached hydrogens (primary N) is 1. The molecule has 0 aliphatic heterocycles. The van der Waals surface area contributed by atoms with Crippen LogP contribution in [0.2, 0.25) is 5.02 Å². The first-order chi connectivity index (χ1) is 9.51. The first-order valence-corrected chi connectivity index (χ1v) is 6.42. The molecule has 0 radical (unpaired) electrons. The van der Waals surface area contributed by atoms with Crippen LogP contribution in [-0.4, -0.2) is 7.11 Å². The second-order valence-electron chi connectivity index (χ2n) is 4.45. The molecule has 5 heteroatoms. The Morgan fingerprint density at radius 2 is 1.90 bits per heavy atom. The van der Waals surface area contributed by atoms with Gasteiger partial charge in [-0.2, -0.15) is 0 Å². The molecule has 0 spiro atoms. The predicted molar refractivity (Wildman–Crippen MR) is 75.0 cm³/mol. The van der Waals surface area contributed by atoms with E-state index in [1.54, 1.807) is 7.11 Å². The van der Waals surface area contributed by atoms with Crippen LogP contribution in [0.3, 0.4) is 0 Å². The summed E-state index contributed by atoms with van der Waals surface area (Å²) in [6, 6.07) is 8.85. The predicted octanol–water partition coefficient (Wildman–Crippen LogP) is 3.87.